The fraction of sp³-hybridized carbons (Fsp3) is 0.600. The van der Waals surface area contributed by atoms with Crippen LogP contribution in [0.25, 0.3) is 0 Å². The maximum absolute atomic E-state index is 11.2. The Balaban J connectivity index is 3.05. The van der Waals surface area contributed by atoms with Crippen LogP contribution in [0, 0.1) is 5.92 Å². The van der Waals surface area contributed by atoms with Gasteiger partial charge in [0.1, 0.15) is 17.7 Å². The van der Waals surface area contributed by atoms with Gasteiger partial charge < -0.3 is 15.5 Å². The van der Waals surface area contributed by atoms with Gasteiger partial charge in [-0.25, -0.2) is 4.98 Å². The zero-order chi connectivity index (χ0) is 11.4. The number of hydrogen-bond acceptors (Lipinski definition) is 4. The maximum Gasteiger partial charge on any atom is 0.253 e. The molecule has 0 saturated heterocycles. The fourth-order valence-electron chi connectivity index (χ4n) is 1.40. The predicted molar refractivity (Wildman–Crippen MR) is 58.5 cm³/mol. The molecule has 0 fully saturated rings. The Labute approximate surface area is 88.7 Å². The predicted octanol–water partition coefficient (Wildman–Crippen LogP) is 1.09. The Morgan fingerprint density at radius 3 is 2.73 bits per heavy atom. The molecule has 1 aromatic rings. The van der Waals surface area contributed by atoms with E-state index in [2.05, 4.69) is 9.97 Å². The molecular formula is C10H17N3O2. The highest BCUT2D eigenvalue weighted by atomic mass is 16.5. The molecule has 0 aliphatic rings. The number of rotatable bonds is 4. The van der Waals surface area contributed by atoms with Crippen molar-refractivity contribution in [2.24, 2.45) is 5.92 Å². The Morgan fingerprint density at radius 2 is 2.27 bits per heavy atom. The summed E-state index contributed by atoms with van der Waals surface area (Å²) in [5.41, 5.74) is 5.26. The minimum Gasteiger partial charge on any atom is -0.383 e. The maximum atomic E-state index is 11.2. The average molecular weight is 211 g/mol. The standard InChI is InChI=1S/C10H17N3O2/c1-4-15-9(6(2)3)10-12-7(11)5-8(14)13-10/h5-6,9H,4H2,1-3H3,(H3,11,12,13,14). The van der Waals surface area contributed by atoms with Crippen LogP contribution >= 0.6 is 0 Å². The summed E-state index contributed by atoms with van der Waals surface area (Å²) in [6, 6.07) is 1.26. The Morgan fingerprint density at radius 1 is 1.60 bits per heavy atom. The first-order chi connectivity index (χ1) is 7.04. The lowest BCUT2D eigenvalue weighted by Gasteiger charge is -2.19. The van der Waals surface area contributed by atoms with Crippen molar-refractivity contribution < 1.29 is 4.74 Å². The molecule has 0 aliphatic heterocycles. The molecule has 0 aliphatic carbocycles. The first-order valence-electron chi connectivity index (χ1n) is 5.03. The van der Waals surface area contributed by atoms with E-state index < -0.39 is 0 Å². The number of aromatic nitrogens is 2. The monoisotopic (exact) mass is 211 g/mol. The molecule has 1 aromatic heterocycles. The van der Waals surface area contributed by atoms with E-state index >= 15 is 0 Å². The van der Waals surface area contributed by atoms with E-state index in [1.54, 1.807) is 0 Å². The highest BCUT2D eigenvalue weighted by Crippen LogP contribution is 2.22. The first kappa shape index (κ1) is 11.7. The molecule has 0 bridgehead atoms. The second-order valence-electron chi connectivity index (χ2n) is 3.68. The number of nitrogens with one attached hydrogen (secondary N) is 1. The fourth-order valence-corrected chi connectivity index (χ4v) is 1.40. The summed E-state index contributed by atoms with van der Waals surface area (Å²) in [5, 5.41) is 0. The second-order valence-corrected chi connectivity index (χ2v) is 3.68. The van der Waals surface area contributed by atoms with Crippen LogP contribution in [0.3, 0.4) is 0 Å². The van der Waals surface area contributed by atoms with Crippen LogP contribution in [0.2, 0.25) is 0 Å². The van der Waals surface area contributed by atoms with Crippen LogP contribution in [-0.4, -0.2) is 16.6 Å². The van der Waals surface area contributed by atoms with Crippen LogP contribution in [0.4, 0.5) is 5.82 Å². The Kier molecular flexibility index (Phi) is 3.85. The number of ether oxygens (including phenoxy) is 1. The summed E-state index contributed by atoms with van der Waals surface area (Å²) < 4.78 is 5.51. The largest absolute Gasteiger partial charge is 0.383 e. The lowest BCUT2D eigenvalue weighted by atomic mass is 10.1. The third-order valence-corrected chi connectivity index (χ3v) is 2.00. The molecule has 84 valence electrons. The van der Waals surface area contributed by atoms with E-state index in [1.807, 2.05) is 20.8 Å². The van der Waals surface area contributed by atoms with Crippen molar-refractivity contribution in [3.8, 4) is 0 Å². The minimum atomic E-state index is -0.247. The van der Waals surface area contributed by atoms with Gasteiger partial charge in [0.25, 0.3) is 5.56 Å². The minimum absolute atomic E-state index is 0.216. The number of nitrogens with two attached hydrogens (primary N) is 1. The number of aromatic amines is 1. The van der Waals surface area contributed by atoms with Crippen LogP contribution in [0.15, 0.2) is 10.9 Å². The highest BCUT2D eigenvalue weighted by Gasteiger charge is 2.18. The number of nitrogens with zero attached hydrogens (tertiary/aromatic N) is 1. The molecule has 0 spiro atoms. The van der Waals surface area contributed by atoms with Gasteiger partial charge in [-0.1, -0.05) is 13.8 Å². The van der Waals surface area contributed by atoms with Gasteiger partial charge in [-0.05, 0) is 12.8 Å². The van der Waals surface area contributed by atoms with E-state index in [1.165, 1.54) is 6.07 Å². The Hall–Kier alpha value is -1.36. The van der Waals surface area contributed by atoms with Crippen molar-refractivity contribution in [3.05, 3.63) is 22.2 Å². The molecule has 0 saturated carbocycles. The number of anilines is 1. The van der Waals surface area contributed by atoms with Crippen molar-refractivity contribution in [1.82, 2.24) is 9.97 Å². The third-order valence-electron chi connectivity index (χ3n) is 2.00. The molecule has 1 rings (SSSR count). The lowest BCUT2D eigenvalue weighted by Crippen LogP contribution is -2.20. The molecule has 3 N–H and O–H groups in total. The SMILES string of the molecule is CCOC(c1nc(N)cc(=O)[nH]1)C(C)C. The number of nitrogen functional groups attached to an aromatic ring is 1. The molecule has 0 amide bonds. The normalized spacial score (nSPS) is 13.1. The number of hydrogen-bond donors (Lipinski definition) is 2. The van der Waals surface area contributed by atoms with Gasteiger partial charge in [-0.15, -0.1) is 0 Å². The molecular weight excluding hydrogens is 194 g/mol. The van der Waals surface area contributed by atoms with Crippen molar-refractivity contribution in [3.63, 3.8) is 0 Å². The van der Waals surface area contributed by atoms with Gasteiger partial charge in [0.15, 0.2) is 0 Å². The molecule has 1 heterocycles. The molecule has 0 aromatic carbocycles. The van der Waals surface area contributed by atoms with Crippen LogP contribution in [-0.2, 0) is 4.74 Å². The van der Waals surface area contributed by atoms with Crippen LogP contribution in [0.5, 0.6) is 0 Å². The van der Waals surface area contributed by atoms with Gasteiger partial charge in [0.05, 0.1) is 0 Å². The quantitative estimate of drug-likeness (QED) is 0.781. The van der Waals surface area contributed by atoms with Gasteiger partial charge in [-0.3, -0.25) is 4.79 Å². The second kappa shape index (κ2) is 4.93. The van der Waals surface area contributed by atoms with Crippen molar-refractivity contribution in [1.29, 1.82) is 0 Å². The van der Waals surface area contributed by atoms with Gasteiger partial charge >= 0.3 is 0 Å². The van der Waals surface area contributed by atoms with Crippen molar-refractivity contribution in [2.75, 3.05) is 12.3 Å². The van der Waals surface area contributed by atoms with E-state index in [0.29, 0.717) is 12.4 Å². The summed E-state index contributed by atoms with van der Waals surface area (Å²) >= 11 is 0. The summed E-state index contributed by atoms with van der Waals surface area (Å²) in [6.45, 7) is 6.48. The first-order valence-corrected chi connectivity index (χ1v) is 5.03. The molecule has 1 unspecified atom stereocenters. The molecule has 1 atom stereocenters. The number of H-pyrrole nitrogens is 1. The molecule has 5 heteroatoms. The van der Waals surface area contributed by atoms with Gasteiger partial charge in [-0.2, -0.15) is 0 Å². The zero-order valence-electron chi connectivity index (χ0n) is 9.28. The third kappa shape index (κ3) is 3.06. The molecule has 15 heavy (non-hydrogen) atoms. The van der Waals surface area contributed by atoms with Gasteiger partial charge in [0.2, 0.25) is 0 Å². The van der Waals surface area contributed by atoms with Gasteiger partial charge in [0, 0.05) is 12.7 Å². The van der Waals surface area contributed by atoms with E-state index in [0.717, 1.165) is 0 Å². The van der Waals surface area contributed by atoms with Crippen LogP contribution in [0.1, 0.15) is 32.7 Å². The zero-order valence-corrected chi connectivity index (χ0v) is 9.28. The molecule has 0 radical (unpaired) electrons. The Bertz CT molecular complexity index is 373. The molecule has 5 nitrogen and oxygen atoms in total. The van der Waals surface area contributed by atoms with E-state index in [9.17, 15) is 4.79 Å². The smallest absolute Gasteiger partial charge is 0.253 e. The van der Waals surface area contributed by atoms with Crippen LogP contribution < -0.4 is 11.3 Å². The summed E-state index contributed by atoms with van der Waals surface area (Å²) in [7, 11) is 0. The lowest BCUT2D eigenvalue weighted by molar-refractivity contribution is 0.0231. The highest BCUT2D eigenvalue weighted by molar-refractivity contribution is 5.25. The van der Waals surface area contributed by atoms with Crippen molar-refractivity contribution >= 4 is 5.82 Å². The average Bonchev–Trinajstić information content (AvgIpc) is 2.11. The summed E-state index contributed by atoms with van der Waals surface area (Å²) in [4.78, 5) is 17.9. The topological polar surface area (TPSA) is 81.0 Å². The summed E-state index contributed by atoms with van der Waals surface area (Å²) in [6.07, 6.45) is -0.216. The van der Waals surface area contributed by atoms with E-state index in [4.69, 9.17) is 10.5 Å². The van der Waals surface area contributed by atoms with Crippen molar-refractivity contribution in [2.45, 2.75) is 26.9 Å². The van der Waals surface area contributed by atoms with E-state index in [-0.39, 0.29) is 23.4 Å². The summed E-state index contributed by atoms with van der Waals surface area (Å²) in [5.74, 6) is 0.950.